The van der Waals surface area contributed by atoms with Crippen molar-refractivity contribution in [1.29, 1.82) is 0 Å². The zero-order valence-electron chi connectivity index (χ0n) is 22.5. The van der Waals surface area contributed by atoms with Gasteiger partial charge in [0.1, 0.15) is 0 Å². The van der Waals surface area contributed by atoms with Crippen molar-refractivity contribution >= 4 is 5.91 Å². The van der Waals surface area contributed by atoms with E-state index in [2.05, 4.69) is 52.0 Å². The molecule has 1 saturated carbocycles. The van der Waals surface area contributed by atoms with Crippen molar-refractivity contribution in [2.45, 2.75) is 86.1 Å². The average molecular weight is 460 g/mol. The quantitative estimate of drug-likeness (QED) is 0.355. The van der Waals surface area contributed by atoms with E-state index in [-0.39, 0.29) is 0 Å². The Kier molecular flexibility index (Phi) is 21.0. The van der Waals surface area contributed by atoms with Crippen LogP contribution in [0.4, 0.5) is 0 Å². The number of rotatable bonds is 8. The topological polar surface area (TPSA) is 35.6 Å². The molecular weight excluding hydrogens is 406 g/mol. The fourth-order valence-corrected chi connectivity index (χ4v) is 4.19. The Hall–Kier alpha value is -1.65. The molecule has 190 valence electrons. The van der Waals surface area contributed by atoms with E-state index in [1.165, 1.54) is 50.9 Å². The lowest BCUT2D eigenvalue weighted by Gasteiger charge is -2.34. The maximum Gasteiger partial charge on any atom is 0.223 e. The van der Waals surface area contributed by atoms with Gasteiger partial charge >= 0.3 is 0 Å². The summed E-state index contributed by atoms with van der Waals surface area (Å²) < 4.78 is 0. The molecular formula is C29H53N3O. The molecule has 1 aliphatic heterocycles. The molecule has 1 heterocycles. The van der Waals surface area contributed by atoms with Crippen molar-refractivity contribution in [3.05, 3.63) is 48.6 Å². The van der Waals surface area contributed by atoms with Crippen LogP contribution in [-0.4, -0.2) is 55.0 Å². The highest BCUT2D eigenvalue weighted by molar-refractivity contribution is 5.78. The molecule has 3 rings (SSSR count). The van der Waals surface area contributed by atoms with Gasteiger partial charge in [0.2, 0.25) is 5.91 Å². The van der Waals surface area contributed by atoms with E-state index in [1.54, 1.807) is 6.08 Å². The largest absolute Gasteiger partial charge is 0.356 e. The molecule has 33 heavy (non-hydrogen) atoms. The van der Waals surface area contributed by atoms with Gasteiger partial charge in [0.15, 0.2) is 0 Å². The predicted octanol–water partition coefficient (Wildman–Crippen LogP) is 6.53. The molecule has 0 unspecified atom stereocenters. The van der Waals surface area contributed by atoms with Crippen molar-refractivity contribution < 1.29 is 4.79 Å². The van der Waals surface area contributed by atoms with Gasteiger partial charge in [0.05, 0.1) is 0 Å². The molecule has 1 N–H and O–H groups in total. The van der Waals surface area contributed by atoms with E-state index in [0.717, 1.165) is 45.4 Å². The minimum absolute atomic E-state index is 0.293. The number of hydrogen-bond acceptors (Lipinski definition) is 3. The molecule has 4 heteroatoms. The van der Waals surface area contributed by atoms with Crippen LogP contribution in [0.5, 0.6) is 0 Å². The van der Waals surface area contributed by atoms with Gasteiger partial charge in [0.25, 0.3) is 0 Å². The van der Waals surface area contributed by atoms with Crippen LogP contribution in [0.2, 0.25) is 0 Å². The van der Waals surface area contributed by atoms with Crippen molar-refractivity contribution in [2.24, 2.45) is 5.92 Å². The number of hydrogen-bond donors (Lipinski definition) is 1. The van der Waals surface area contributed by atoms with Crippen molar-refractivity contribution in [3.8, 4) is 0 Å². The third kappa shape index (κ3) is 15.0. The summed E-state index contributed by atoms with van der Waals surface area (Å²) in [6, 6.07) is 10.8. The third-order valence-electron chi connectivity index (χ3n) is 5.89. The Morgan fingerprint density at radius 2 is 1.48 bits per heavy atom. The van der Waals surface area contributed by atoms with E-state index < -0.39 is 0 Å². The van der Waals surface area contributed by atoms with Crippen LogP contribution in [0.1, 0.15) is 85.1 Å². The van der Waals surface area contributed by atoms with Gasteiger partial charge in [-0.2, -0.15) is 0 Å². The number of allylic oxidation sites excluding steroid dienone is 1. The predicted molar refractivity (Wildman–Crippen MR) is 146 cm³/mol. The van der Waals surface area contributed by atoms with Crippen LogP contribution in [-0.2, 0) is 11.3 Å². The summed E-state index contributed by atoms with van der Waals surface area (Å²) in [5, 5.41) is 3.16. The van der Waals surface area contributed by atoms with Gasteiger partial charge in [-0.05, 0) is 44.7 Å². The highest BCUT2D eigenvalue weighted by Gasteiger charge is 2.20. The third-order valence-corrected chi connectivity index (χ3v) is 5.89. The molecule has 1 aromatic rings. The van der Waals surface area contributed by atoms with Crippen LogP contribution in [0, 0.1) is 5.92 Å². The van der Waals surface area contributed by atoms with Crippen LogP contribution < -0.4 is 5.32 Å². The molecule has 0 spiro atoms. The highest BCUT2D eigenvalue weighted by atomic mass is 16.1. The first-order chi connectivity index (χ1) is 16.2. The summed E-state index contributed by atoms with van der Waals surface area (Å²) in [6.07, 6.45) is 10.00. The second-order valence-electron chi connectivity index (χ2n) is 8.34. The lowest BCUT2D eigenvalue weighted by atomic mass is 9.89. The summed E-state index contributed by atoms with van der Waals surface area (Å²) in [5.74, 6) is 0.598. The minimum Gasteiger partial charge on any atom is -0.356 e. The number of unbranched alkanes of at least 4 members (excludes halogenated alkanes) is 1. The Bertz CT molecular complexity index is 561. The van der Waals surface area contributed by atoms with Gasteiger partial charge in [-0.1, -0.05) is 83.4 Å². The number of benzene rings is 1. The maximum atomic E-state index is 12.1. The number of carbonyl (C=O) groups is 1. The first-order valence-corrected chi connectivity index (χ1v) is 13.6. The van der Waals surface area contributed by atoms with E-state index in [9.17, 15) is 4.79 Å². The average Bonchev–Trinajstić information content (AvgIpc) is 2.89. The van der Waals surface area contributed by atoms with Crippen LogP contribution in [0.3, 0.4) is 0 Å². The van der Waals surface area contributed by atoms with E-state index in [1.807, 2.05) is 34.6 Å². The van der Waals surface area contributed by atoms with Crippen molar-refractivity contribution in [2.75, 3.05) is 39.3 Å². The fraction of sp³-hybridized carbons (Fsp3) is 0.690. The summed E-state index contributed by atoms with van der Waals surface area (Å²) >= 11 is 0. The molecule has 0 radical (unpaired) electrons. The number of nitrogens with zero attached hydrogens (tertiary/aromatic N) is 2. The van der Waals surface area contributed by atoms with Gasteiger partial charge < -0.3 is 10.2 Å². The molecule has 4 nitrogen and oxygen atoms in total. The normalized spacial score (nSPS) is 16.6. The molecule has 0 bridgehead atoms. The number of carbonyl (C=O) groups excluding carboxylic acids is 1. The molecule has 0 aromatic heterocycles. The maximum absolute atomic E-state index is 12.1. The Balaban J connectivity index is 0.00000132. The Morgan fingerprint density at radius 3 is 2.06 bits per heavy atom. The van der Waals surface area contributed by atoms with Gasteiger partial charge in [-0.15, -0.1) is 6.58 Å². The van der Waals surface area contributed by atoms with Crippen LogP contribution in [0.25, 0.3) is 0 Å². The zero-order chi connectivity index (χ0) is 24.7. The van der Waals surface area contributed by atoms with E-state index in [0.29, 0.717) is 11.8 Å². The monoisotopic (exact) mass is 459 g/mol. The Morgan fingerprint density at radius 1 is 0.939 bits per heavy atom. The van der Waals surface area contributed by atoms with E-state index >= 15 is 0 Å². The summed E-state index contributed by atoms with van der Waals surface area (Å²) in [5.41, 5.74) is 1.41. The summed E-state index contributed by atoms with van der Waals surface area (Å²) in [7, 11) is 0. The number of piperazine rings is 1. The second-order valence-corrected chi connectivity index (χ2v) is 8.34. The smallest absolute Gasteiger partial charge is 0.223 e. The Labute approximate surface area is 205 Å². The van der Waals surface area contributed by atoms with Crippen molar-refractivity contribution in [3.63, 3.8) is 0 Å². The van der Waals surface area contributed by atoms with Crippen molar-refractivity contribution in [1.82, 2.24) is 15.1 Å². The summed E-state index contributed by atoms with van der Waals surface area (Å²) in [4.78, 5) is 17.2. The molecule has 2 aliphatic rings. The lowest BCUT2D eigenvalue weighted by molar-refractivity contribution is -0.125. The SMILES string of the molecule is C=CC.CC.CC.O=C(NCCCCN1CCN(Cc2ccccc2)CC1)C1CCCCC1. The lowest BCUT2D eigenvalue weighted by Crippen LogP contribution is -2.46. The van der Waals surface area contributed by atoms with Crippen LogP contribution in [0.15, 0.2) is 43.0 Å². The van der Waals surface area contributed by atoms with Gasteiger partial charge in [0, 0.05) is 45.2 Å². The number of amides is 1. The first kappa shape index (κ1) is 31.4. The molecule has 1 amide bonds. The second kappa shape index (κ2) is 22.2. The zero-order valence-corrected chi connectivity index (χ0v) is 22.5. The highest BCUT2D eigenvalue weighted by Crippen LogP contribution is 2.23. The summed E-state index contributed by atoms with van der Waals surface area (Å²) in [6.45, 7) is 21.0. The van der Waals surface area contributed by atoms with Crippen LogP contribution >= 0.6 is 0 Å². The number of nitrogens with one attached hydrogen (secondary N) is 1. The fourth-order valence-electron chi connectivity index (χ4n) is 4.19. The molecule has 0 atom stereocenters. The van der Waals surface area contributed by atoms with Gasteiger partial charge in [-0.3, -0.25) is 9.69 Å². The standard InChI is InChI=1S/C22H35N3O.C3H6.2C2H6/c26-22(21-11-5-2-6-12-21)23-13-7-8-14-24-15-17-25(18-16-24)19-20-9-3-1-4-10-20;1-3-2;2*1-2/h1,3-4,9-10,21H,2,5-8,11-19H2,(H,23,26);3H,1H2,2H3;2*1-2H3. The first-order valence-electron chi connectivity index (χ1n) is 13.6. The molecule has 1 aliphatic carbocycles. The molecule has 1 aromatic carbocycles. The minimum atomic E-state index is 0.293. The van der Waals surface area contributed by atoms with Gasteiger partial charge in [-0.25, -0.2) is 0 Å². The molecule has 1 saturated heterocycles. The molecule has 2 fully saturated rings. The van der Waals surface area contributed by atoms with E-state index in [4.69, 9.17) is 0 Å².